The number of carbonyl (C=O) groups is 1. The van der Waals surface area contributed by atoms with Crippen LogP contribution in [-0.2, 0) is 6.42 Å². The highest BCUT2D eigenvalue weighted by molar-refractivity contribution is 7.14. The van der Waals surface area contributed by atoms with Crippen molar-refractivity contribution in [2.75, 3.05) is 0 Å². The first-order chi connectivity index (χ1) is 8.31. The van der Waals surface area contributed by atoms with Crippen LogP contribution < -0.4 is 0 Å². The maximum absolute atomic E-state index is 12.1. The van der Waals surface area contributed by atoms with Crippen LogP contribution in [0.4, 0.5) is 0 Å². The molecule has 0 N–H and O–H groups in total. The molecule has 0 saturated carbocycles. The predicted molar refractivity (Wildman–Crippen MR) is 72.8 cm³/mol. The maximum atomic E-state index is 12.1. The number of ketones is 1. The maximum Gasteiger partial charge on any atom is 0.202 e. The second-order valence-corrected chi connectivity index (χ2v) is 5.23. The topological polar surface area (TPSA) is 17.1 Å². The number of hydrogen-bond donors (Lipinski definition) is 0. The Labute approximate surface area is 106 Å². The van der Waals surface area contributed by atoms with Crippen LogP contribution in [0.15, 0.2) is 42.5 Å². The van der Waals surface area contributed by atoms with Gasteiger partial charge in [0.15, 0.2) is 0 Å². The summed E-state index contributed by atoms with van der Waals surface area (Å²) in [5.74, 6) is 0.137. The van der Waals surface area contributed by atoms with E-state index in [1.807, 2.05) is 36.4 Å². The number of benzene rings is 1. The Morgan fingerprint density at radius 2 is 1.88 bits per heavy atom. The molecule has 0 unspecified atom stereocenters. The summed E-state index contributed by atoms with van der Waals surface area (Å²) in [6.07, 6.45) is 3.47. The summed E-state index contributed by atoms with van der Waals surface area (Å²) in [5, 5.41) is 0. The van der Waals surface area contributed by atoms with Gasteiger partial charge in [-0.1, -0.05) is 43.7 Å². The Bertz CT molecular complexity index is 485. The third-order valence-corrected chi connectivity index (χ3v) is 3.84. The van der Waals surface area contributed by atoms with Gasteiger partial charge in [0.25, 0.3) is 0 Å². The zero-order valence-corrected chi connectivity index (χ0v) is 10.8. The molecule has 0 fully saturated rings. The first-order valence-electron chi connectivity index (χ1n) is 5.99. The van der Waals surface area contributed by atoms with Gasteiger partial charge in [-0.05, 0) is 25.0 Å². The van der Waals surface area contributed by atoms with Gasteiger partial charge in [0.05, 0.1) is 4.88 Å². The fourth-order valence-corrected chi connectivity index (χ4v) is 2.73. The summed E-state index contributed by atoms with van der Waals surface area (Å²) in [6.45, 7) is 2.18. The third kappa shape index (κ3) is 3.04. The van der Waals surface area contributed by atoms with Crippen LogP contribution in [0.25, 0.3) is 0 Å². The molecule has 0 bridgehead atoms. The van der Waals surface area contributed by atoms with Crippen molar-refractivity contribution in [1.82, 2.24) is 0 Å². The predicted octanol–water partition coefficient (Wildman–Crippen LogP) is 4.32. The van der Waals surface area contributed by atoms with Gasteiger partial charge in [-0.3, -0.25) is 4.79 Å². The molecule has 2 aromatic rings. The van der Waals surface area contributed by atoms with Crippen LogP contribution in [0, 0.1) is 0 Å². The molecule has 1 aromatic heterocycles. The minimum Gasteiger partial charge on any atom is -0.288 e. The number of aryl methyl sites for hydroxylation is 1. The van der Waals surface area contributed by atoms with E-state index in [9.17, 15) is 4.79 Å². The van der Waals surface area contributed by atoms with Gasteiger partial charge in [0.2, 0.25) is 5.78 Å². The summed E-state index contributed by atoms with van der Waals surface area (Å²) in [7, 11) is 0. The van der Waals surface area contributed by atoms with Crippen molar-refractivity contribution in [3.63, 3.8) is 0 Å². The summed E-state index contributed by atoms with van der Waals surface area (Å²) >= 11 is 1.63. The van der Waals surface area contributed by atoms with Crippen molar-refractivity contribution < 1.29 is 4.79 Å². The smallest absolute Gasteiger partial charge is 0.202 e. The summed E-state index contributed by atoms with van der Waals surface area (Å²) in [6, 6.07) is 13.5. The molecule has 0 amide bonds. The SMILES string of the molecule is CCCCc1ccc(C(=O)c2ccccc2)s1. The first-order valence-corrected chi connectivity index (χ1v) is 6.81. The molecule has 0 aliphatic rings. The Kier molecular flexibility index (Phi) is 4.10. The molecule has 1 heterocycles. The lowest BCUT2D eigenvalue weighted by atomic mass is 10.1. The van der Waals surface area contributed by atoms with Crippen LogP contribution in [0.5, 0.6) is 0 Å². The van der Waals surface area contributed by atoms with Gasteiger partial charge >= 0.3 is 0 Å². The lowest BCUT2D eigenvalue weighted by Crippen LogP contribution is -1.97. The third-order valence-electron chi connectivity index (χ3n) is 2.70. The van der Waals surface area contributed by atoms with E-state index in [0.717, 1.165) is 16.9 Å². The van der Waals surface area contributed by atoms with Crippen LogP contribution in [0.2, 0.25) is 0 Å². The zero-order valence-electron chi connectivity index (χ0n) is 9.98. The molecular weight excluding hydrogens is 228 g/mol. The number of thiophene rings is 1. The van der Waals surface area contributed by atoms with Gasteiger partial charge < -0.3 is 0 Å². The summed E-state index contributed by atoms with van der Waals surface area (Å²) in [5.41, 5.74) is 0.774. The van der Waals surface area contributed by atoms with Gasteiger partial charge in [0.1, 0.15) is 0 Å². The quantitative estimate of drug-likeness (QED) is 0.716. The molecule has 0 atom stereocenters. The second-order valence-electron chi connectivity index (χ2n) is 4.06. The standard InChI is InChI=1S/C15H16OS/c1-2-3-9-13-10-11-14(17-13)15(16)12-7-5-4-6-8-12/h4-8,10-11H,2-3,9H2,1H3. The molecule has 0 radical (unpaired) electrons. The lowest BCUT2D eigenvalue weighted by Gasteiger charge is -1.97. The van der Waals surface area contributed by atoms with Crippen molar-refractivity contribution in [2.45, 2.75) is 26.2 Å². The molecule has 0 spiro atoms. The molecule has 2 rings (SSSR count). The number of unbranched alkanes of at least 4 members (excludes halogenated alkanes) is 1. The van der Waals surface area contributed by atoms with Crippen molar-refractivity contribution >= 4 is 17.1 Å². The van der Waals surface area contributed by atoms with Crippen molar-refractivity contribution in [3.05, 3.63) is 57.8 Å². The van der Waals surface area contributed by atoms with Crippen LogP contribution in [0.1, 0.15) is 39.9 Å². The van der Waals surface area contributed by atoms with E-state index < -0.39 is 0 Å². The molecule has 0 aliphatic heterocycles. The van der Waals surface area contributed by atoms with Gasteiger partial charge in [-0.2, -0.15) is 0 Å². The highest BCUT2D eigenvalue weighted by Gasteiger charge is 2.10. The Balaban J connectivity index is 2.12. The highest BCUT2D eigenvalue weighted by atomic mass is 32.1. The lowest BCUT2D eigenvalue weighted by molar-refractivity contribution is 0.104. The van der Waals surface area contributed by atoms with Gasteiger partial charge in [-0.15, -0.1) is 11.3 Å². The van der Waals surface area contributed by atoms with E-state index in [1.165, 1.54) is 17.7 Å². The van der Waals surface area contributed by atoms with Crippen molar-refractivity contribution in [2.24, 2.45) is 0 Å². The van der Waals surface area contributed by atoms with Crippen LogP contribution >= 0.6 is 11.3 Å². The molecule has 1 aromatic carbocycles. The summed E-state index contributed by atoms with van der Waals surface area (Å²) < 4.78 is 0. The van der Waals surface area contributed by atoms with E-state index in [0.29, 0.717) is 0 Å². The average Bonchev–Trinajstić information content (AvgIpc) is 2.85. The average molecular weight is 244 g/mol. The van der Waals surface area contributed by atoms with E-state index in [-0.39, 0.29) is 5.78 Å². The highest BCUT2D eigenvalue weighted by Crippen LogP contribution is 2.21. The Morgan fingerprint density at radius 3 is 2.59 bits per heavy atom. The van der Waals surface area contributed by atoms with E-state index in [4.69, 9.17) is 0 Å². The first kappa shape index (κ1) is 12.1. The molecule has 88 valence electrons. The van der Waals surface area contributed by atoms with Crippen molar-refractivity contribution in [1.29, 1.82) is 0 Å². The monoisotopic (exact) mass is 244 g/mol. The number of rotatable bonds is 5. The second kappa shape index (κ2) is 5.78. The molecular formula is C15H16OS. The Morgan fingerprint density at radius 1 is 1.12 bits per heavy atom. The molecule has 0 saturated heterocycles. The van der Waals surface area contributed by atoms with Gasteiger partial charge in [-0.25, -0.2) is 0 Å². The fourth-order valence-electron chi connectivity index (χ4n) is 1.72. The molecule has 1 nitrogen and oxygen atoms in total. The molecule has 0 aliphatic carbocycles. The fraction of sp³-hybridized carbons (Fsp3) is 0.267. The largest absolute Gasteiger partial charge is 0.288 e. The Hall–Kier alpha value is -1.41. The van der Waals surface area contributed by atoms with E-state index in [1.54, 1.807) is 11.3 Å². The van der Waals surface area contributed by atoms with Crippen LogP contribution in [-0.4, -0.2) is 5.78 Å². The van der Waals surface area contributed by atoms with Gasteiger partial charge in [0, 0.05) is 10.4 Å². The van der Waals surface area contributed by atoms with E-state index >= 15 is 0 Å². The molecule has 17 heavy (non-hydrogen) atoms. The van der Waals surface area contributed by atoms with E-state index in [2.05, 4.69) is 13.0 Å². The van der Waals surface area contributed by atoms with Crippen LogP contribution in [0.3, 0.4) is 0 Å². The zero-order chi connectivity index (χ0) is 12.1. The minimum absolute atomic E-state index is 0.137. The number of hydrogen-bond acceptors (Lipinski definition) is 2. The minimum atomic E-state index is 0.137. The normalized spacial score (nSPS) is 10.4. The summed E-state index contributed by atoms with van der Waals surface area (Å²) in [4.78, 5) is 14.3. The molecule has 2 heteroatoms. The number of carbonyl (C=O) groups excluding carboxylic acids is 1. The van der Waals surface area contributed by atoms with Crippen molar-refractivity contribution in [3.8, 4) is 0 Å².